The zero-order valence-electron chi connectivity index (χ0n) is 21.7. The highest BCUT2D eigenvalue weighted by Crippen LogP contribution is 2.45. The van der Waals surface area contributed by atoms with Crippen molar-refractivity contribution in [3.05, 3.63) is 82.6 Å². The molecule has 0 amide bonds. The van der Waals surface area contributed by atoms with Crippen LogP contribution in [0.2, 0.25) is 0 Å². The summed E-state index contributed by atoms with van der Waals surface area (Å²) in [5.74, 6) is -3.48. The van der Waals surface area contributed by atoms with Crippen LogP contribution in [0, 0.1) is 17.1 Å². The second-order valence-corrected chi connectivity index (χ2v) is 8.75. The number of esters is 2. The number of morpholine rings is 1. The quantitative estimate of drug-likeness (QED) is 0.503. The van der Waals surface area contributed by atoms with Crippen LogP contribution in [0.25, 0.3) is 0 Å². The SMILES string of the molecule is COC(=O)C1=C(C(=O)OC)N(c2cc(F)ccc2OCCN2CCOCC2)C(N)=C(C#N)C1c1ccccc1. The number of hydrogen-bond donors (Lipinski definition) is 1. The number of hydrogen-bond acceptors (Lipinski definition) is 10. The van der Waals surface area contributed by atoms with Gasteiger partial charge in [0.2, 0.25) is 0 Å². The number of ether oxygens (including phenoxy) is 4. The van der Waals surface area contributed by atoms with E-state index in [1.807, 2.05) is 0 Å². The molecule has 4 rings (SSSR count). The number of nitrogens with zero attached hydrogens (tertiary/aromatic N) is 3. The second kappa shape index (κ2) is 12.4. The maximum Gasteiger partial charge on any atom is 0.355 e. The highest BCUT2D eigenvalue weighted by Gasteiger charge is 2.43. The standard InChI is InChI=1S/C28H29FN4O6/c1-36-27(34)24-23(18-6-4-3-5-7-18)20(17-30)26(31)33(25(24)28(35)37-2)21-16-19(29)8-9-22(21)39-15-12-32-10-13-38-14-11-32/h3-9,16,23H,10-15,31H2,1-2H3. The number of methoxy groups -OCH3 is 2. The molecule has 0 aromatic heterocycles. The average Bonchev–Trinajstić information content (AvgIpc) is 2.97. The van der Waals surface area contributed by atoms with Crippen molar-refractivity contribution in [2.45, 2.75) is 5.92 Å². The highest BCUT2D eigenvalue weighted by molar-refractivity contribution is 6.06. The Morgan fingerprint density at radius 1 is 1.10 bits per heavy atom. The minimum atomic E-state index is -1.03. The van der Waals surface area contributed by atoms with Gasteiger partial charge in [-0.1, -0.05) is 30.3 Å². The Labute approximate surface area is 225 Å². The van der Waals surface area contributed by atoms with E-state index >= 15 is 0 Å². The van der Waals surface area contributed by atoms with E-state index in [-0.39, 0.29) is 40.7 Å². The van der Waals surface area contributed by atoms with Crippen molar-refractivity contribution in [1.82, 2.24) is 4.90 Å². The van der Waals surface area contributed by atoms with E-state index in [2.05, 4.69) is 11.0 Å². The number of carbonyl (C=O) groups excluding carboxylic acids is 2. The van der Waals surface area contributed by atoms with E-state index in [0.29, 0.717) is 25.3 Å². The minimum Gasteiger partial charge on any atom is -0.490 e. The predicted molar refractivity (Wildman–Crippen MR) is 139 cm³/mol. The molecule has 2 aliphatic rings. The number of halogens is 1. The number of nitrogens with two attached hydrogens (primary N) is 1. The first-order chi connectivity index (χ1) is 18.9. The van der Waals surface area contributed by atoms with E-state index in [9.17, 15) is 19.2 Å². The summed E-state index contributed by atoms with van der Waals surface area (Å²) in [5.41, 5.74) is 6.57. The molecule has 2 aromatic carbocycles. The van der Waals surface area contributed by atoms with Crippen LogP contribution in [0.1, 0.15) is 11.5 Å². The van der Waals surface area contributed by atoms with Crippen molar-refractivity contribution in [3.8, 4) is 11.8 Å². The van der Waals surface area contributed by atoms with Crippen molar-refractivity contribution >= 4 is 17.6 Å². The van der Waals surface area contributed by atoms with Gasteiger partial charge in [0.25, 0.3) is 0 Å². The van der Waals surface area contributed by atoms with Gasteiger partial charge in [-0.05, 0) is 17.7 Å². The molecule has 204 valence electrons. The maximum absolute atomic E-state index is 14.6. The Morgan fingerprint density at radius 3 is 2.44 bits per heavy atom. The van der Waals surface area contributed by atoms with E-state index in [4.69, 9.17) is 24.7 Å². The van der Waals surface area contributed by atoms with Gasteiger partial charge in [0.05, 0.1) is 56.3 Å². The number of benzene rings is 2. The van der Waals surface area contributed by atoms with Crippen LogP contribution in [-0.2, 0) is 23.8 Å². The Morgan fingerprint density at radius 2 is 1.79 bits per heavy atom. The molecule has 0 aliphatic carbocycles. The molecule has 2 aromatic rings. The summed E-state index contributed by atoms with van der Waals surface area (Å²) in [6, 6.07) is 14.4. The van der Waals surface area contributed by atoms with Crippen LogP contribution in [0.4, 0.5) is 10.1 Å². The Hall–Kier alpha value is -4.40. The summed E-state index contributed by atoms with van der Waals surface area (Å²) < 4.78 is 36.1. The van der Waals surface area contributed by atoms with Crippen molar-refractivity contribution < 1.29 is 32.9 Å². The monoisotopic (exact) mass is 536 g/mol. The molecule has 0 bridgehead atoms. The van der Waals surface area contributed by atoms with E-state index < -0.39 is 23.7 Å². The smallest absolute Gasteiger partial charge is 0.355 e. The molecule has 2 heterocycles. The average molecular weight is 537 g/mol. The molecule has 0 radical (unpaired) electrons. The summed E-state index contributed by atoms with van der Waals surface area (Å²) in [6.07, 6.45) is 0. The van der Waals surface area contributed by atoms with Gasteiger partial charge in [-0.2, -0.15) is 5.26 Å². The fraction of sp³-hybridized carbons (Fsp3) is 0.321. The van der Waals surface area contributed by atoms with Gasteiger partial charge in [-0.25, -0.2) is 14.0 Å². The van der Waals surface area contributed by atoms with Gasteiger partial charge in [-0.3, -0.25) is 9.80 Å². The van der Waals surface area contributed by atoms with Gasteiger partial charge in [0, 0.05) is 25.7 Å². The zero-order valence-corrected chi connectivity index (χ0v) is 21.7. The summed E-state index contributed by atoms with van der Waals surface area (Å²) in [6.45, 7) is 3.59. The molecule has 1 fully saturated rings. The first-order valence-corrected chi connectivity index (χ1v) is 12.3. The molecule has 1 atom stereocenters. The molecule has 10 nitrogen and oxygen atoms in total. The maximum atomic E-state index is 14.6. The molecule has 11 heteroatoms. The highest BCUT2D eigenvalue weighted by atomic mass is 19.1. The van der Waals surface area contributed by atoms with Crippen molar-refractivity contribution in [3.63, 3.8) is 0 Å². The number of allylic oxidation sites excluding steroid dienone is 1. The van der Waals surface area contributed by atoms with Crippen LogP contribution in [-0.4, -0.2) is 70.5 Å². The van der Waals surface area contributed by atoms with Gasteiger partial charge in [0.15, 0.2) is 0 Å². The van der Waals surface area contributed by atoms with Crippen molar-refractivity contribution in [2.24, 2.45) is 5.73 Å². The fourth-order valence-electron chi connectivity index (χ4n) is 4.66. The Balaban J connectivity index is 1.87. The third kappa shape index (κ3) is 5.72. The lowest BCUT2D eigenvalue weighted by Gasteiger charge is -2.36. The summed E-state index contributed by atoms with van der Waals surface area (Å²) >= 11 is 0. The van der Waals surface area contributed by atoms with Crippen LogP contribution >= 0.6 is 0 Å². The molecule has 0 spiro atoms. The zero-order chi connectivity index (χ0) is 27.9. The van der Waals surface area contributed by atoms with Crippen molar-refractivity contribution in [2.75, 3.05) is 58.6 Å². The van der Waals surface area contributed by atoms with Crippen LogP contribution < -0.4 is 15.4 Å². The van der Waals surface area contributed by atoms with Gasteiger partial charge in [-0.15, -0.1) is 0 Å². The summed E-state index contributed by atoms with van der Waals surface area (Å²) in [5, 5.41) is 10.2. The molecular weight excluding hydrogens is 507 g/mol. The van der Waals surface area contributed by atoms with Gasteiger partial charge in [0.1, 0.15) is 29.7 Å². The van der Waals surface area contributed by atoms with E-state index in [1.54, 1.807) is 30.3 Å². The Bertz CT molecular complexity index is 1330. The lowest BCUT2D eigenvalue weighted by atomic mass is 9.81. The third-order valence-electron chi connectivity index (χ3n) is 6.54. The summed E-state index contributed by atoms with van der Waals surface area (Å²) in [7, 11) is 2.30. The Kier molecular flexibility index (Phi) is 8.81. The van der Waals surface area contributed by atoms with Gasteiger partial charge < -0.3 is 24.7 Å². The van der Waals surface area contributed by atoms with Gasteiger partial charge >= 0.3 is 11.9 Å². The second-order valence-electron chi connectivity index (χ2n) is 8.75. The van der Waals surface area contributed by atoms with Crippen LogP contribution in [0.5, 0.6) is 5.75 Å². The number of nitriles is 1. The van der Waals surface area contributed by atoms with E-state index in [1.165, 1.54) is 12.1 Å². The topological polar surface area (TPSA) is 127 Å². The molecule has 1 unspecified atom stereocenters. The molecule has 0 saturated carbocycles. The minimum absolute atomic E-state index is 0.0237. The lowest BCUT2D eigenvalue weighted by Crippen LogP contribution is -2.41. The first kappa shape index (κ1) is 27.6. The van der Waals surface area contributed by atoms with Crippen LogP contribution in [0.3, 0.4) is 0 Å². The molecular formula is C28H29FN4O6. The van der Waals surface area contributed by atoms with E-state index in [0.717, 1.165) is 38.3 Å². The largest absolute Gasteiger partial charge is 0.490 e. The molecule has 2 N–H and O–H groups in total. The predicted octanol–water partition coefficient (Wildman–Crippen LogP) is 2.43. The number of rotatable bonds is 8. The number of carbonyl (C=O) groups is 2. The first-order valence-electron chi connectivity index (χ1n) is 12.3. The number of anilines is 1. The van der Waals surface area contributed by atoms with Crippen molar-refractivity contribution in [1.29, 1.82) is 5.26 Å². The molecule has 2 aliphatic heterocycles. The lowest BCUT2D eigenvalue weighted by molar-refractivity contribution is -0.139. The molecule has 1 saturated heterocycles. The fourth-order valence-corrected chi connectivity index (χ4v) is 4.66. The van der Waals surface area contributed by atoms with Crippen LogP contribution in [0.15, 0.2) is 71.2 Å². The summed E-state index contributed by atoms with van der Waals surface area (Å²) in [4.78, 5) is 29.8. The molecule has 39 heavy (non-hydrogen) atoms. The normalized spacial score (nSPS) is 18.0. The third-order valence-corrected chi connectivity index (χ3v) is 6.54.